The number of benzene rings is 3. The van der Waals surface area contributed by atoms with Crippen molar-refractivity contribution in [3.05, 3.63) is 82.7 Å². The minimum Gasteiger partial charge on any atom is -0.236 e. The Morgan fingerprint density at radius 2 is 1.38 bits per heavy atom. The summed E-state index contributed by atoms with van der Waals surface area (Å²) in [5.74, 6) is 0. The van der Waals surface area contributed by atoms with Gasteiger partial charge in [0.15, 0.2) is 0 Å². The van der Waals surface area contributed by atoms with Gasteiger partial charge in [0.2, 0.25) is 0 Å². The van der Waals surface area contributed by atoms with Crippen LogP contribution in [0, 0.1) is 6.92 Å². The topological polar surface area (TPSA) is 25.8 Å². The fraction of sp³-hybridized carbons (Fsp3) is 0.353. The standard InChI is InChI=1S/C34H34N2S/c1-19-14-25-26(33(4,5)13-12-32(25,2)3)17-22(19)30-28-27-29(35-18-36-31(27)37-30)23-15-20-10-8-9-11-21(20)16-24(23)34(28,6)7/h8-11,14-18H,12-13H2,1-7H3. The van der Waals surface area contributed by atoms with E-state index in [0.29, 0.717) is 0 Å². The van der Waals surface area contributed by atoms with Crippen molar-refractivity contribution >= 4 is 32.3 Å². The summed E-state index contributed by atoms with van der Waals surface area (Å²) in [5.41, 5.74) is 11.1. The first-order valence-electron chi connectivity index (χ1n) is 13.5. The van der Waals surface area contributed by atoms with Crippen molar-refractivity contribution in [1.82, 2.24) is 9.97 Å². The number of aromatic nitrogens is 2. The van der Waals surface area contributed by atoms with E-state index in [-0.39, 0.29) is 16.2 Å². The largest absolute Gasteiger partial charge is 0.236 e. The molecule has 5 aromatic rings. The zero-order valence-corrected chi connectivity index (χ0v) is 23.7. The highest BCUT2D eigenvalue weighted by molar-refractivity contribution is 7.22. The second-order valence-corrected chi connectivity index (χ2v) is 14.1. The first-order chi connectivity index (χ1) is 17.5. The van der Waals surface area contributed by atoms with Crippen molar-refractivity contribution in [3.63, 3.8) is 0 Å². The molecule has 0 unspecified atom stereocenters. The number of hydrogen-bond acceptors (Lipinski definition) is 3. The van der Waals surface area contributed by atoms with Gasteiger partial charge in [-0.15, -0.1) is 11.3 Å². The Morgan fingerprint density at radius 1 is 0.730 bits per heavy atom. The molecule has 7 rings (SSSR count). The van der Waals surface area contributed by atoms with Crippen LogP contribution in [0.3, 0.4) is 0 Å². The van der Waals surface area contributed by atoms with Gasteiger partial charge in [0.05, 0.1) is 5.69 Å². The molecule has 2 aliphatic rings. The third-order valence-corrected chi connectivity index (χ3v) is 10.5. The number of fused-ring (bicyclic) bond motifs is 4. The van der Waals surface area contributed by atoms with E-state index < -0.39 is 0 Å². The lowest BCUT2D eigenvalue weighted by molar-refractivity contribution is 0.332. The van der Waals surface area contributed by atoms with E-state index in [0.717, 1.165) is 10.5 Å². The average molecular weight is 503 g/mol. The van der Waals surface area contributed by atoms with E-state index >= 15 is 0 Å². The predicted molar refractivity (Wildman–Crippen MR) is 158 cm³/mol. The van der Waals surface area contributed by atoms with Crippen LogP contribution in [0.4, 0.5) is 0 Å². The van der Waals surface area contributed by atoms with Crippen LogP contribution in [0.15, 0.2) is 54.9 Å². The normalized spacial score (nSPS) is 18.6. The Kier molecular flexibility index (Phi) is 4.55. The van der Waals surface area contributed by atoms with E-state index in [4.69, 9.17) is 9.97 Å². The van der Waals surface area contributed by atoms with E-state index in [2.05, 4.69) is 97.0 Å². The van der Waals surface area contributed by atoms with E-state index in [1.807, 2.05) is 11.3 Å². The van der Waals surface area contributed by atoms with Gasteiger partial charge in [-0.25, -0.2) is 9.97 Å². The third kappa shape index (κ3) is 3.10. The van der Waals surface area contributed by atoms with Crippen LogP contribution in [0.1, 0.15) is 82.2 Å². The lowest BCUT2D eigenvalue weighted by Gasteiger charge is -2.42. The number of thiophene rings is 1. The Hall–Kier alpha value is -3.04. The molecule has 3 heteroatoms. The summed E-state index contributed by atoms with van der Waals surface area (Å²) in [6.45, 7) is 16.7. The molecule has 2 heterocycles. The first kappa shape index (κ1) is 23.1. The molecular weight excluding hydrogens is 468 g/mol. The second-order valence-electron chi connectivity index (χ2n) is 13.1. The third-order valence-electron chi connectivity index (χ3n) is 9.37. The minimum absolute atomic E-state index is 0.165. The van der Waals surface area contributed by atoms with Crippen LogP contribution in [-0.4, -0.2) is 9.97 Å². The van der Waals surface area contributed by atoms with Crippen LogP contribution >= 0.6 is 11.3 Å². The molecule has 186 valence electrons. The fourth-order valence-corrected chi connectivity index (χ4v) is 8.36. The predicted octanol–water partition coefficient (Wildman–Crippen LogP) is 9.48. The van der Waals surface area contributed by atoms with E-state index in [9.17, 15) is 0 Å². The summed E-state index contributed by atoms with van der Waals surface area (Å²) in [4.78, 5) is 12.2. The van der Waals surface area contributed by atoms with Crippen molar-refractivity contribution in [2.45, 2.75) is 77.6 Å². The Labute approximate surface area is 223 Å². The quantitative estimate of drug-likeness (QED) is 0.228. The summed E-state index contributed by atoms with van der Waals surface area (Å²) < 4.78 is 0. The van der Waals surface area contributed by atoms with Gasteiger partial charge in [0.1, 0.15) is 11.2 Å². The monoisotopic (exact) mass is 502 g/mol. The molecule has 37 heavy (non-hydrogen) atoms. The Morgan fingerprint density at radius 3 is 2.08 bits per heavy atom. The van der Waals surface area contributed by atoms with Crippen LogP contribution in [0.25, 0.3) is 42.7 Å². The molecule has 2 aromatic heterocycles. The highest BCUT2D eigenvalue weighted by Crippen LogP contribution is 2.56. The van der Waals surface area contributed by atoms with E-state index in [1.54, 1.807) is 6.33 Å². The maximum atomic E-state index is 4.89. The van der Waals surface area contributed by atoms with Gasteiger partial charge < -0.3 is 0 Å². The Bertz CT molecular complexity index is 1770. The lowest BCUT2D eigenvalue weighted by atomic mass is 9.62. The maximum absolute atomic E-state index is 4.89. The van der Waals surface area contributed by atoms with Crippen molar-refractivity contribution < 1.29 is 0 Å². The average Bonchev–Trinajstić information content (AvgIpc) is 3.26. The summed E-state index contributed by atoms with van der Waals surface area (Å²) >= 11 is 1.85. The fourth-order valence-electron chi connectivity index (χ4n) is 6.98. The first-order valence-corrected chi connectivity index (χ1v) is 14.3. The molecule has 2 aliphatic carbocycles. The zero-order valence-electron chi connectivity index (χ0n) is 22.9. The number of hydrogen-bond donors (Lipinski definition) is 0. The molecule has 0 bridgehead atoms. The molecule has 0 amide bonds. The summed E-state index contributed by atoms with van der Waals surface area (Å²) in [6, 6.07) is 18.4. The molecule has 0 fully saturated rings. The van der Waals surface area contributed by atoms with Crippen LogP contribution < -0.4 is 0 Å². The van der Waals surface area contributed by atoms with Crippen LogP contribution in [-0.2, 0) is 16.2 Å². The molecule has 2 nitrogen and oxygen atoms in total. The van der Waals surface area contributed by atoms with Crippen molar-refractivity contribution in [3.8, 4) is 21.7 Å². The summed E-state index contributed by atoms with van der Waals surface area (Å²) in [7, 11) is 0. The highest BCUT2D eigenvalue weighted by Gasteiger charge is 2.41. The molecule has 0 atom stereocenters. The zero-order chi connectivity index (χ0) is 25.9. The number of rotatable bonds is 1. The minimum atomic E-state index is -0.165. The smallest absolute Gasteiger partial charge is 0.128 e. The van der Waals surface area contributed by atoms with Crippen molar-refractivity contribution in [1.29, 1.82) is 0 Å². The Balaban J connectivity index is 1.56. The SMILES string of the molecule is Cc1cc2c(cc1-c1sc3ncnc4c3c1C(C)(C)c1cc3ccccc3cc1-4)C(C)(C)CCC2(C)C. The van der Waals surface area contributed by atoms with Crippen LogP contribution in [0.5, 0.6) is 0 Å². The second kappa shape index (κ2) is 7.29. The highest BCUT2D eigenvalue weighted by atomic mass is 32.1. The van der Waals surface area contributed by atoms with Gasteiger partial charge in [0, 0.05) is 21.2 Å². The molecular formula is C34H34N2S. The summed E-state index contributed by atoms with van der Waals surface area (Å²) in [6.07, 6.45) is 4.21. The van der Waals surface area contributed by atoms with E-state index in [1.165, 1.54) is 72.8 Å². The van der Waals surface area contributed by atoms with Crippen molar-refractivity contribution in [2.24, 2.45) is 0 Å². The lowest BCUT2D eigenvalue weighted by Crippen LogP contribution is -2.34. The van der Waals surface area contributed by atoms with Crippen molar-refractivity contribution in [2.75, 3.05) is 0 Å². The maximum Gasteiger partial charge on any atom is 0.128 e. The molecule has 0 aliphatic heterocycles. The molecule has 0 saturated heterocycles. The molecule has 3 aromatic carbocycles. The number of aryl methyl sites for hydroxylation is 1. The van der Waals surface area contributed by atoms with Gasteiger partial charge in [-0.3, -0.25) is 0 Å². The van der Waals surface area contributed by atoms with Gasteiger partial charge >= 0.3 is 0 Å². The van der Waals surface area contributed by atoms with Gasteiger partial charge in [-0.05, 0) is 92.9 Å². The number of nitrogens with zero attached hydrogens (tertiary/aromatic N) is 2. The van der Waals surface area contributed by atoms with Gasteiger partial charge in [-0.1, -0.05) is 71.9 Å². The van der Waals surface area contributed by atoms with Gasteiger partial charge in [0.25, 0.3) is 0 Å². The molecule has 0 spiro atoms. The summed E-state index contributed by atoms with van der Waals surface area (Å²) in [5, 5.41) is 3.79. The van der Waals surface area contributed by atoms with Gasteiger partial charge in [-0.2, -0.15) is 0 Å². The van der Waals surface area contributed by atoms with Crippen LogP contribution in [0.2, 0.25) is 0 Å². The molecule has 0 saturated carbocycles. The molecule has 0 radical (unpaired) electrons. The molecule has 0 N–H and O–H groups in total.